The molecule has 0 nitrogen and oxygen atoms in total. The van der Waals surface area contributed by atoms with Crippen LogP contribution in [-0.2, 0) is 26.2 Å². The van der Waals surface area contributed by atoms with Crippen LogP contribution in [0.5, 0.6) is 0 Å². The molecule has 0 saturated carbocycles. The molecular weight excluding hydrogens is 354 g/mol. The average molecular weight is 378 g/mol. The largest absolute Gasteiger partial charge is 1.00 e. The van der Waals surface area contributed by atoms with E-state index in [1.54, 1.807) is 11.1 Å². The molecule has 0 radical (unpaired) electrons. The summed E-state index contributed by atoms with van der Waals surface area (Å²) >= 11 is 0. The van der Waals surface area contributed by atoms with Gasteiger partial charge in [0.2, 0.25) is 0 Å². The maximum absolute atomic E-state index is 2.22. The summed E-state index contributed by atoms with van der Waals surface area (Å²) in [6, 6.07) is 0. The first kappa shape index (κ1) is 24.4. The number of hydrogen-bond donors (Lipinski definition) is 0. The first-order valence-corrected chi connectivity index (χ1v) is 6.09. The zero-order chi connectivity index (χ0) is 12.3. The van der Waals surface area contributed by atoms with E-state index in [1.165, 1.54) is 35.1 Å². The zero-order valence-corrected chi connectivity index (χ0v) is 16.8. The molecule has 0 bridgehead atoms. The molecule has 19 heavy (non-hydrogen) atoms. The molecule has 0 heterocycles. The summed E-state index contributed by atoms with van der Waals surface area (Å²) in [6.45, 7) is 13.2. The minimum absolute atomic E-state index is 0. The van der Waals surface area contributed by atoms with Crippen LogP contribution in [0.25, 0.3) is 0 Å². The second-order valence-corrected chi connectivity index (χ2v) is 5.06. The summed E-state index contributed by atoms with van der Waals surface area (Å²) in [5, 5.41) is 0. The van der Waals surface area contributed by atoms with Crippen LogP contribution in [0, 0.1) is 0 Å². The summed E-state index contributed by atoms with van der Waals surface area (Å²) in [4.78, 5) is 0. The third-order valence-corrected chi connectivity index (χ3v) is 3.84. The molecule has 0 N–H and O–H groups in total. The fourth-order valence-electron chi connectivity index (χ4n) is 2.02. The van der Waals surface area contributed by atoms with Crippen molar-refractivity contribution in [3.05, 3.63) is 45.6 Å². The van der Waals surface area contributed by atoms with Crippen LogP contribution < -0.4 is 24.8 Å². The molecule has 2 aliphatic rings. The molecule has 0 fully saturated rings. The molecule has 0 amide bonds. The molecule has 108 valence electrons. The van der Waals surface area contributed by atoms with E-state index >= 15 is 0 Å². The van der Waals surface area contributed by atoms with Gasteiger partial charge in [0.05, 0.1) is 0 Å². The van der Waals surface area contributed by atoms with Crippen LogP contribution in [-0.4, -0.2) is 0 Å². The van der Waals surface area contributed by atoms with Gasteiger partial charge in [0, 0.05) is 26.2 Å². The van der Waals surface area contributed by atoms with E-state index in [1.807, 2.05) is 0 Å². The smallest absolute Gasteiger partial charge is 0 e. The normalized spacial score (nSPS) is 16.5. The van der Waals surface area contributed by atoms with Crippen LogP contribution >= 0.6 is 0 Å². The number of hydrogen-bond acceptors (Lipinski definition) is 0. The maximum Gasteiger partial charge on any atom is 0 e. The molecule has 3 heteroatoms. The van der Waals surface area contributed by atoms with Gasteiger partial charge in [0.25, 0.3) is 0 Å². The molecule has 0 atom stereocenters. The summed E-state index contributed by atoms with van der Waals surface area (Å²) in [5.74, 6) is 0. The molecule has 0 aliphatic heterocycles. The Hall–Kier alpha value is 0.423. The van der Waals surface area contributed by atoms with Crippen LogP contribution in [0.4, 0.5) is 0 Å². The van der Waals surface area contributed by atoms with Crippen molar-refractivity contribution < 1.29 is 51.0 Å². The Bertz CT molecular complexity index is 390. The fourth-order valence-corrected chi connectivity index (χ4v) is 2.02. The Kier molecular flexibility index (Phi) is 14.3. The van der Waals surface area contributed by atoms with Crippen molar-refractivity contribution in [1.29, 1.82) is 0 Å². The van der Waals surface area contributed by atoms with Crippen LogP contribution in [0.2, 0.25) is 0 Å². The van der Waals surface area contributed by atoms with Gasteiger partial charge in [-0.1, -0.05) is 34.4 Å². The Labute approximate surface area is 150 Å². The monoisotopic (exact) mass is 376 g/mol. The first-order chi connectivity index (χ1) is 7.43. The van der Waals surface area contributed by atoms with Gasteiger partial charge in [-0.2, -0.15) is 0 Å². The van der Waals surface area contributed by atoms with Crippen molar-refractivity contribution in [2.24, 2.45) is 0 Å². The predicted molar refractivity (Wildman–Crippen MR) is 73.5 cm³/mol. The zero-order valence-electron chi connectivity index (χ0n) is 12.8. The molecule has 2 aliphatic carbocycles. The van der Waals surface area contributed by atoms with Crippen LogP contribution in [0.3, 0.4) is 0 Å². The molecule has 2 rings (SSSR count). The molecule has 0 spiro atoms. The van der Waals surface area contributed by atoms with Gasteiger partial charge in [0.15, 0.2) is 0 Å². The number of halogens is 2. The van der Waals surface area contributed by atoms with E-state index in [4.69, 9.17) is 0 Å². The summed E-state index contributed by atoms with van der Waals surface area (Å²) in [7, 11) is 0. The minimum atomic E-state index is 0. The summed E-state index contributed by atoms with van der Waals surface area (Å²) < 4.78 is 0. The van der Waals surface area contributed by atoms with Crippen molar-refractivity contribution in [1.82, 2.24) is 0 Å². The molecular formula is C16H24Cl2Zr-2. The van der Waals surface area contributed by atoms with Gasteiger partial charge in [-0.05, 0) is 65.5 Å². The second kappa shape index (κ2) is 11.1. The number of allylic oxidation sites excluding steroid dienone is 8. The van der Waals surface area contributed by atoms with E-state index in [0.29, 0.717) is 0 Å². The third kappa shape index (κ3) is 7.12. The van der Waals surface area contributed by atoms with Gasteiger partial charge >= 0.3 is 0 Å². The Morgan fingerprint density at radius 3 is 1.26 bits per heavy atom. The molecule has 0 saturated heterocycles. The van der Waals surface area contributed by atoms with Crippen molar-refractivity contribution in [3.8, 4) is 0 Å². The summed E-state index contributed by atoms with van der Waals surface area (Å²) in [5.41, 5.74) is 9.06. The van der Waals surface area contributed by atoms with Gasteiger partial charge in [-0.15, -0.1) is 0 Å². The second-order valence-electron chi connectivity index (χ2n) is 5.06. The Morgan fingerprint density at radius 1 is 0.737 bits per heavy atom. The van der Waals surface area contributed by atoms with E-state index in [2.05, 4.69) is 53.7 Å². The van der Waals surface area contributed by atoms with Crippen molar-refractivity contribution in [3.63, 3.8) is 0 Å². The predicted octanol–water partition coefficient (Wildman–Crippen LogP) is -0.649. The van der Waals surface area contributed by atoms with Gasteiger partial charge in [0.1, 0.15) is 0 Å². The molecule has 0 aromatic rings. The standard InChI is InChI=1S/C9H14.C7H10.2ClH.Zr/c1-6-5-7(2)9(4)8(6)3;1-6-4-3-5-7(6)2;;;/h5H2,1-4H3;3-4H,5H2,1-2H3;2*1H;/p-2. The van der Waals surface area contributed by atoms with Gasteiger partial charge < -0.3 is 24.8 Å². The van der Waals surface area contributed by atoms with E-state index < -0.39 is 0 Å². The summed E-state index contributed by atoms with van der Waals surface area (Å²) in [6.07, 6.45) is 6.75. The first-order valence-electron chi connectivity index (χ1n) is 6.09. The maximum atomic E-state index is 2.22. The molecule has 0 aromatic heterocycles. The third-order valence-electron chi connectivity index (χ3n) is 3.84. The molecule has 0 unspecified atom stereocenters. The van der Waals surface area contributed by atoms with Crippen molar-refractivity contribution in [2.75, 3.05) is 0 Å². The molecule has 0 aromatic carbocycles. The van der Waals surface area contributed by atoms with E-state index in [-0.39, 0.29) is 51.0 Å². The van der Waals surface area contributed by atoms with Crippen molar-refractivity contribution in [2.45, 2.75) is 54.4 Å². The quantitative estimate of drug-likeness (QED) is 0.526. The van der Waals surface area contributed by atoms with E-state index in [0.717, 1.165) is 0 Å². The van der Waals surface area contributed by atoms with Crippen molar-refractivity contribution >= 4 is 0 Å². The Balaban J connectivity index is -0.000000237. The Morgan fingerprint density at radius 2 is 1.16 bits per heavy atom. The van der Waals surface area contributed by atoms with E-state index in [9.17, 15) is 0 Å². The minimum Gasteiger partial charge on any atom is -1.00 e. The van der Waals surface area contributed by atoms with Gasteiger partial charge in [-0.25, -0.2) is 0 Å². The SMILES string of the molecule is CC1=C(C)C(C)=C(C)C1.CC1=C(C)CC=C1.[Cl-].[Cl-].[Zr]. The van der Waals surface area contributed by atoms with Crippen LogP contribution in [0.1, 0.15) is 54.4 Å². The topological polar surface area (TPSA) is 0 Å². The van der Waals surface area contributed by atoms with Gasteiger partial charge in [-0.3, -0.25) is 0 Å². The van der Waals surface area contributed by atoms with Crippen LogP contribution in [0.15, 0.2) is 45.6 Å². The average Bonchev–Trinajstić information content (AvgIpc) is 2.70. The fraction of sp³-hybridized carbons (Fsp3) is 0.500. The number of rotatable bonds is 0.